The van der Waals surface area contributed by atoms with Crippen LogP contribution in [-0.4, -0.2) is 12.6 Å². The second-order valence-corrected chi connectivity index (χ2v) is 6.72. The highest BCUT2D eigenvalue weighted by Crippen LogP contribution is 2.14. The van der Waals surface area contributed by atoms with Gasteiger partial charge < -0.3 is 4.18 Å². The van der Waals surface area contributed by atoms with Gasteiger partial charge >= 0.3 is 0 Å². The summed E-state index contributed by atoms with van der Waals surface area (Å²) in [5, 5.41) is 0. The molecule has 4 heteroatoms. The molecule has 0 spiro atoms. The quantitative estimate of drug-likeness (QED) is 0.372. The van der Waals surface area contributed by atoms with Crippen LogP contribution < -0.4 is 4.72 Å². The van der Waals surface area contributed by atoms with Crippen LogP contribution >= 0.6 is 24.0 Å². The van der Waals surface area contributed by atoms with Gasteiger partial charge in [0.15, 0.2) is 0 Å². The van der Waals surface area contributed by atoms with Crippen LogP contribution in [0, 0.1) is 0 Å². The first-order chi connectivity index (χ1) is 10.8. The fraction of sp³-hybridized carbons (Fsp3) is 0.333. The van der Waals surface area contributed by atoms with E-state index in [4.69, 9.17) is 4.18 Å². The Morgan fingerprint density at radius 1 is 0.909 bits per heavy atom. The van der Waals surface area contributed by atoms with Gasteiger partial charge in [-0.15, -0.1) is 0 Å². The summed E-state index contributed by atoms with van der Waals surface area (Å²) >= 11 is 3.30. The average Bonchev–Trinajstić information content (AvgIpc) is 2.56. The highest BCUT2D eigenvalue weighted by Gasteiger charge is 2.02. The van der Waals surface area contributed by atoms with E-state index in [-0.39, 0.29) is 0 Å². The fourth-order valence-corrected chi connectivity index (χ4v) is 3.34. The predicted octanol–water partition coefficient (Wildman–Crippen LogP) is 5.07. The summed E-state index contributed by atoms with van der Waals surface area (Å²) in [7, 11) is 0. The van der Waals surface area contributed by atoms with Crippen molar-refractivity contribution in [3.05, 3.63) is 71.8 Å². The van der Waals surface area contributed by atoms with Crippen LogP contribution in [0.5, 0.6) is 0 Å². The van der Waals surface area contributed by atoms with Gasteiger partial charge in [-0.25, -0.2) is 0 Å². The molecule has 0 aliphatic carbocycles. The van der Waals surface area contributed by atoms with Crippen molar-refractivity contribution in [1.29, 1.82) is 0 Å². The van der Waals surface area contributed by atoms with Gasteiger partial charge in [-0.3, -0.25) is 4.72 Å². The molecule has 1 atom stereocenters. The highest BCUT2D eigenvalue weighted by atomic mass is 32.2. The molecule has 1 N–H and O–H groups in total. The lowest BCUT2D eigenvalue weighted by atomic mass is 10.2. The predicted molar refractivity (Wildman–Crippen MR) is 98.6 cm³/mol. The van der Waals surface area contributed by atoms with E-state index in [9.17, 15) is 0 Å². The zero-order valence-corrected chi connectivity index (χ0v) is 14.5. The molecule has 0 heterocycles. The van der Waals surface area contributed by atoms with Gasteiger partial charge in [-0.05, 0) is 36.5 Å². The standard InChI is InChI=1S/C18H23NOS2/c1-16(19-21-14-17-8-4-2-5-9-17)12-13-20-22-15-18-10-6-3-7-11-18/h2-11,16,19H,12-15H2,1H3. The summed E-state index contributed by atoms with van der Waals surface area (Å²) in [6.45, 7) is 2.97. The van der Waals surface area contributed by atoms with Crippen molar-refractivity contribution in [2.75, 3.05) is 6.61 Å². The summed E-state index contributed by atoms with van der Waals surface area (Å²) in [4.78, 5) is 0. The Hall–Kier alpha value is -0.940. The molecule has 0 aromatic heterocycles. The smallest absolute Gasteiger partial charge is 0.0629 e. The van der Waals surface area contributed by atoms with Crippen LogP contribution in [0.3, 0.4) is 0 Å². The van der Waals surface area contributed by atoms with Gasteiger partial charge in [0.1, 0.15) is 0 Å². The van der Waals surface area contributed by atoms with E-state index in [0.29, 0.717) is 6.04 Å². The monoisotopic (exact) mass is 333 g/mol. The summed E-state index contributed by atoms with van der Waals surface area (Å²) in [5.41, 5.74) is 2.65. The Labute approximate surface area is 142 Å². The molecule has 2 aromatic carbocycles. The Morgan fingerprint density at radius 2 is 1.50 bits per heavy atom. The number of hydrogen-bond acceptors (Lipinski definition) is 4. The Balaban J connectivity index is 1.48. The molecule has 2 nitrogen and oxygen atoms in total. The third-order valence-electron chi connectivity index (χ3n) is 3.15. The summed E-state index contributed by atoms with van der Waals surface area (Å²) in [6.07, 6.45) is 1.02. The minimum Gasteiger partial charge on any atom is -0.315 e. The van der Waals surface area contributed by atoms with Gasteiger partial charge in [-0.1, -0.05) is 72.6 Å². The molecule has 2 aromatic rings. The molecule has 0 amide bonds. The maximum absolute atomic E-state index is 5.64. The largest absolute Gasteiger partial charge is 0.315 e. The lowest BCUT2D eigenvalue weighted by molar-refractivity contribution is 0.346. The zero-order valence-electron chi connectivity index (χ0n) is 12.9. The van der Waals surface area contributed by atoms with Crippen molar-refractivity contribution < 1.29 is 4.18 Å². The van der Waals surface area contributed by atoms with Crippen LogP contribution in [0.2, 0.25) is 0 Å². The van der Waals surface area contributed by atoms with Crippen LogP contribution in [0.25, 0.3) is 0 Å². The third-order valence-corrected chi connectivity index (χ3v) is 4.98. The minimum absolute atomic E-state index is 0.450. The molecule has 0 bridgehead atoms. The number of nitrogens with one attached hydrogen (secondary N) is 1. The van der Waals surface area contributed by atoms with Gasteiger partial charge in [0.2, 0.25) is 0 Å². The highest BCUT2D eigenvalue weighted by molar-refractivity contribution is 7.96. The fourth-order valence-electron chi connectivity index (χ4n) is 1.87. The number of rotatable bonds is 10. The van der Waals surface area contributed by atoms with Crippen LogP contribution in [-0.2, 0) is 15.7 Å². The topological polar surface area (TPSA) is 21.3 Å². The van der Waals surface area contributed by atoms with Crippen LogP contribution in [0.4, 0.5) is 0 Å². The van der Waals surface area contributed by atoms with E-state index in [1.807, 2.05) is 6.07 Å². The molecule has 22 heavy (non-hydrogen) atoms. The number of hydrogen-bond donors (Lipinski definition) is 1. The molecule has 2 rings (SSSR count). The summed E-state index contributed by atoms with van der Waals surface area (Å²) < 4.78 is 9.11. The lowest BCUT2D eigenvalue weighted by Crippen LogP contribution is -2.20. The molecule has 0 saturated carbocycles. The minimum atomic E-state index is 0.450. The van der Waals surface area contributed by atoms with E-state index in [1.165, 1.54) is 23.2 Å². The third kappa shape index (κ3) is 7.36. The molecule has 0 aliphatic heterocycles. The van der Waals surface area contributed by atoms with E-state index in [2.05, 4.69) is 66.2 Å². The van der Waals surface area contributed by atoms with Gasteiger partial charge in [0.25, 0.3) is 0 Å². The molecule has 0 saturated heterocycles. The van der Waals surface area contributed by atoms with Crippen molar-refractivity contribution in [3.8, 4) is 0 Å². The molecule has 0 aliphatic rings. The Morgan fingerprint density at radius 3 is 2.14 bits per heavy atom. The maximum atomic E-state index is 5.64. The summed E-state index contributed by atoms with van der Waals surface area (Å²) in [5.74, 6) is 1.90. The van der Waals surface area contributed by atoms with E-state index in [1.54, 1.807) is 11.9 Å². The molecule has 118 valence electrons. The molecule has 0 radical (unpaired) electrons. The first-order valence-electron chi connectivity index (χ1n) is 7.54. The zero-order chi connectivity index (χ0) is 15.5. The van der Waals surface area contributed by atoms with Crippen molar-refractivity contribution in [2.24, 2.45) is 0 Å². The van der Waals surface area contributed by atoms with Gasteiger partial charge in [-0.2, -0.15) is 0 Å². The van der Waals surface area contributed by atoms with Gasteiger partial charge in [0.05, 0.1) is 6.61 Å². The second kappa shape index (κ2) is 10.7. The van der Waals surface area contributed by atoms with Crippen molar-refractivity contribution in [3.63, 3.8) is 0 Å². The van der Waals surface area contributed by atoms with E-state index < -0.39 is 0 Å². The Kier molecular flexibility index (Phi) is 8.49. The van der Waals surface area contributed by atoms with E-state index >= 15 is 0 Å². The molecular formula is C18H23NOS2. The Bertz CT molecular complexity index is 507. The average molecular weight is 334 g/mol. The maximum Gasteiger partial charge on any atom is 0.0629 e. The first kappa shape index (κ1) is 17.4. The molecular weight excluding hydrogens is 310 g/mol. The van der Waals surface area contributed by atoms with Crippen molar-refractivity contribution >= 4 is 24.0 Å². The number of benzene rings is 2. The normalized spacial score (nSPS) is 12.2. The van der Waals surface area contributed by atoms with Crippen molar-refractivity contribution in [2.45, 2.75) is 30.9 Å². The SMILES string of the molecule is CC(CCOSCc1ccccc1)NSCc1ccccc1. The van der Waals surface area contributed by atoms with Crippen LogP contribution in [0.15, 0.2) is 60.7 Å². The molecule has 1 unspecified atom stereocenters. The molecule has 0 fully saturated rings. The first-order valence-corrected chi connectivity index (χ1v) is 9.44. The van der Waals surface area contributed by atoms with Crippen molar-refractivity contribution in [1.82, 2.24) is 4.72 Å². The summed E-state index contributed by atoms with van der Waals surface area (Å²) in [6, 6.07) is 21.4. The van der Waals surface area contributed by atoms with Crippen LogP contribution in [0.1, 0.15) is 24.5 Å². The lowest BCUT2D eigenvalue weighted by Gasteiger charge is -2.12. The van der Waals surface area contributed by atoms with Gasteiger partial charge in [0, 0.05) is 17.5 Å². The van der Waals surface area contributed by atoms with E-state index in [0.717, 1.165) is 24.5 Å². The second-order valence-electron chi connectivity index (χ2n) is 5.15.